The maximum absolute atomic E-state index is 12.4. The van der Waals surface area contributed by atoms with E-state index in [1.165, 1.54) is 19.2 Å². The Balaban J connectivity index is 2.01. The van der Waals surface area contributed by atoms with E-state index in [0.717, 1.165) is 31.7 Å². The van der Waals surface area contributed by atoms with Gasteiger partial charge in [-0.3, -0.25) is 4.90 Å². The highest BCUT2D eigenvalue weighted by atomic mass is 19.4. The van der Waals surface area contributed by atoms with Gasteiger partial charge in [-0.15, -0.1) is 13.2 Å². The summed E-state index contributed by atoms with van der Waals surface area (Å²) in [6.07, 6.45) is -4.74. The van der Waals surface area contributed by atoms with Gasteiger partial charge in [-0.2, -0.15) is 0 Å². The molecule has 0 saturated carbocycles. The smallest absolute Gasteiger partial charge is 0.507 e. The topological polar surface area (TPSA) is 54.0 Å². The van der Waals surface area contributed by atoms with E-state index in [-0.39, 0.29) is 17.5 Å². The van der Waals surface area contributed by atoms with E-state index < -0.39 is 6.36 Å². The van der Waals surface area contributed by atoms with E-state index in [0.29, 0.717) is 11.3 Å². The van der Waals surface area contributed by atoms with Gasteiger partial charge in [-0.1, -0.05) is 18.2 Å². The number of methoxy groups -OCH3 is 1. The number of nitrogens with one attached hydrogen (secondary N) is 1. The number of phenols is 1. The number of piperazine rings is 1. The van der Waals surface area contributed by atoms with Gasteiger partial charge in [0.05, 0.1) is 18.7 Å². The Morgan fingerprint density at radius 3 is 2.33 bits per heavy atom. The second-order valence-corrected chi connectivity index (χ2v) is 6.20. The Morgan fingerprint density at radius 2 is 1.74 bits per heavy atom. The fourth-order valence-corrected chi connectivity index (χ4v) is 3.34. The van der Waals surface area contributed by atoms with Crippen LogP contribution in [-0.4, -0.2) is 49.7 Å². The van der Waals surface area contributed by atoms with Crippen LogP contribution in [0.5, 0.6) is 17.2 Å². The molecule has 3 rings (SSSR count). The summed E-state index contributed by atoms with van der Waals surface area (Å²) in [5, 5.41) is 13.8. The second kappa shape index (κ2) is 8.06. The summed E-state index contributed by atoms with van der Waals surface area (Å²) in [6.45, 7) is 3.01. The van der Waals surface area contributed by atoms with E-state index in [4.69, 9.17) is 4.74 Å². The minimum atomic E-state index is -4.74. The number of alkyl halides is 3. The zero-order valence-corrected chi connectivity index (χ0v) is 14.8. The lowest BCUT2D eigenvalue weighted by atomic mass is 9.94. The zero-order chi connectivity index (χ0) is 19.4. The average Bonchev–Trinajstić information content (AvgIpc) is 2.64. The predicted octanol–water partition coefficient (Wildman–Crippen LogP) is 3.29. The second-order valence-electron chi connectivity index (χ2n) is 6.20. The Bertz CT molecular complexity index is 760. The van der Waals surface area contributed by atoms with Gasteiger partial charge in [-0.25, -0.2) is 0 Å². The third kappa shape index (κ3) is 4.64. The first kappa shape index (κ1) is 19.3. The highest BCUT2D eigenvalue weighted by molar-refractivity contribution is 5.50. The van der Waals surface area contributed by atoms with Crippen LogP contribution in [0.2, 0.25) is 0 Å². The van der Waals surface area contributed by atoms with Crippen LogP contribution < -0.4 is 14.8 Å². The number of aromatic hydroxyl groups is 1. The molecule has 1 aliphatic rings. The molecule has 0 radical (unpaired) electrons. The molecule has 27 heavy (non-hydrogen) atoms. The average molecular weight is 382 g/mol. The summed E-state index contributed by atoms with van der Waals surface area (Å²) in [7, 11) is 1.52. The monoisotopic (exact) mass is 382 g/mol. The lowest BCUT2D eigenvalue weighted by molar-refractivity contribution is -0.274. The Labute approximate surface area is 155 Å². The summed E-state index contributed by atoms with van der Waals surface area (Å²) < 4.78 is 46.7. The van der Waals surface area contributed by atoms with Crippen LogP contribution in [0, 0.1) is 0 Å². The molecule has 0 spiro atoms. The molecular formula is C19H21F3N2O3. The van der Waals surface area contributed by atoms with Crippen molar-refractivity contribution in [3.8, 4) is 17.2 Å². The van der Waals surface area contributed by atoms with Crippen LogP contribution >= 0.6 is 0 Å². The minimum absolute atomic E-state index is 0.0773. The third-order valence-corrected chi connectivity index (χ3v) is 4.48. The van der Waals surface area contributed by atoms with Gasteiger partial charge in [0.1, 0.15) is 17.2 Å². The van der Waals surface area contributed by atoms with Gasteiger partial charge in [-0.05, 0) is 29.8 Å². The van der Waals surface area contributed by atoms with Crippen LogP contribution in [0.25, 0.3) is 0 Å². The van der Waals surface area contributed by atoms with Crippen LogP contribution in [0.3, 0.4) is 0 Å². The van der Waals surface area contributed by atoms with Crippen molar-refractivity contribution in [2.24, 2.45) is 0 Å². The highest BCUT2D eigenvalue weighted by Crippen LogP contribution is 2.41. The molecule has 1 fully saturated rings. The van der Waals surface area contributed by atoms with Crippen LogP contribution in [-0.2, 0) is 0 Å². The Hall–Kier alpha value is -2.45. The van der Waals surface area contributed by atoms with E-state index in [1.807, 2.05) is 0 Å². The van der Waals surface area contributed by atoms with Crippen molar-refractivity contribution in [3.05, 3.63) is 53.6 Å². The van der Waals surface area contributed by atoms with Gasteiger partial charge in [0.15, 0.2) is 0 Å². The molecule has 2 aromatic carbocycles. The Kier molecular flexibility index (Phi) is 5.76. The van der Waals surface area contributed by atoms with E-state index in [2.05, 4.69) is 15.0 Å². The number of halogens is 3. The summed E-state index contributed by atoms with van der Waals surface area (Å²) in [5.41, 5.74) is 1.33. The molecule has 1 atom stereocenters. The molecule has 5 nitrogen and oxygen atoms in total. The predicted molar refractivity (Wildman–Crippen MR) is 94.1 cm³/mol. The maximum atomic E-state index is 12.4. The molecule has 0 bridgehead atoms. The van der Waals surface area contributed by atoms with E-state index in [1.54, 1.807) is 30.3 Å². The van der Waals surface area contributed by atoms with Crippen molar-refractivity contribution >= 4 is 0 Å². The number of phenolic OH excluding ortho intramolecular Hbond substituents is 1. The first-order valence-corrected chi connectivity index (χ1v) is 8.55. The number of hydrogen-bond donors (Lipinski definition) is 2. The molecule has 2 aromatic rings. The molecule has 0 aliphatic carbocycles. The van der Waals surface area contributed by atoms with Gasteiger partial charge >= 0.3 is 6.36 Å². The summed E-state index contributed by atoms with van der Waals surface area (Å²) in [6, 6.07) is 10.4. The van der Waals surface area contributed by atoms with Gasteiger partial charge in [0.25, 0.3) is 0 Å². The standard InChI is InChI=1S/C19H21F3N2O3/c1-26-16-4-2-3-15(25)17(16)18(24-11-9-23-10-12-24)13-5-7-14(8-6-13)27-19(20,21)22/h2-8,18,23,25H,9-12H2,1H3/t18-/m0/s1. The number of nitrogens with zero attached hydrogens (tertiary/aromatic N) is 1. The number of benzene rings is 2. The van der Waals surface area contributed by atoms with E-state index >= 15 is 0 Å². The quantitative estimate of drug-likeness (QED) is 0.831. The van der Waals surface area contributed by atoms with Crippen LogP contribution in [0.15, 0.2) is 42.5 Å². The fraction of sp³-hybridized carbons (Fsp3) is 0.368. The molecular weight excluding hydrogens is 361 g/mol. The molecule has 0 amide bonds. The SMILES string of the molecule is COc1cccc(O)c1[C@H](c1ccc(OC(F)(F)F)cc1)N1CCNCC1. The van der Waals surface area contributed by atoms with Crippen molar-refractivity contribution in [2.45, 2.75) is 12.4 Å². The lowest BCUT2D eigenvalue weighted by Crippen LogP contribution is -2.45. The summed E-state index contributed by atoms with van der Waals surface area (Å²) in [5.74, 6) is 0.317. The molecule has 0 aromatic heterocycles. The molecule has 1 saturated heterocycles. The number of ether oxygens (including phenoxy) is 2. The van der Waals surface area contributed by atoms with Crippen molar-refractivity contribution in [3.63, 3.8) is 0 Å². The Morgan fingerprint density at radius 1 is 1.07 bits per heavy atom. The zero-order valence-electron chi connectivity index (χ0n) is 14.8. The first-order chi connectivity index (χ1) is 12.9. The lowest BCUT2D eigenvalue weighted by Gasteiger charge is -2.36. The molecule has 2 N–H and O–H groups in total. The number of hydrogen-bond acceptors (Lipinski definition) is 5. The normalized spacial score (nSPS) is 16.7. The molecule has 8 heteroatoms. The van der Waals surface area contributed by atoms with Crippen LogP contribution in [0.1, 0.15) is 17.2 Å². The third-order valence-electron chi connectivity index (χ3n) is 4.48. The van der Waals surface area contributed by atoms with Gasteiger partial charge in [0.2, 0.25) is 0 Å². The minimum Gasteiger partial charge on any atom is -0.507 e. The van der Waals surface area contributed by atoms with Crippen molar-refractivity contribution in [1.82, 2.24) is 10.2 Å². The number of rotatable bonds is 5. The largest absolute Gasteiger partial charge is 0.573 e. The first-order valence-electron chi connectivity index (χ1n) is 8.55. The summed E-state index contributed by atoms with van der Waals surface area (Å²) >= 11 is 0. The van der Waals surface area contributed by atoms with Crippen molar-refractivity contribution in [2.75, 3.05) is 33.3 Å². The highest BCUT2D eigenvalue weighted by Gasteiger charge is 2.32. The van der Waals surface area contributed by atoms with Gasteiger partial charge in [0, 0.05) is 26.2 Å². The van der Waals surface area contributed by atoms with Gasteiger partial charge < -0.3 is 19.9 Å². The van der Waals surface area contributed by atoms with E-state index in [9.17, 15) is 18.3 Å². The van der Waals surface area contributed by atoms with Crippen molar-refractivity contribution < 1.29 is 27.8 Å². The maximum Gasteiger partial charge on any atom is 0.573 e. The molecule has 1 aliphatic heterocycles. The van der Waals surface area contributed by atoms with Crippen molar-refractivity contribution in [1.29, 1.82) is 0 Å². The molecule has 1 heterocycles. The fourth-order valence-electron chi connectivity index (χ4n) is 3.34. The molecule has 0 unspecified atom stereocenters. The summed E-state index contributed by atoms with van der Waals surface area (Å²) in [4.78, 5) is 2.16. The van der Waals surface area contributed by atoms with Crippen LogP contribution in [0.4, 0.5) is 13.2 Å². The molecule has 146 valence electrons.